The van der Waals surface area contributed by atoms with Crippen molar-refractivity contribution in [3.8, 4) is 11.3 Å². The third-order valence-electron chi connectivity index (χ3n) is 2.97. The summed E-state index contributed by atoms with van der Waals surface area (Å²) in [6.45, 7) is 2.08. The Morgan fingerprint density at radius 2 is 2.14 bits per heavy atom. The van der Waals surface area contributed by atoms with Gasteiger partial charge in [-0.15, -0.1) is 11.3 Å². The summed E-state index contributed by atoms with van der Waals surface area (Å²) in [5.41, 5.74) is 1.70. The molecule has 0 saturated heterocycles. The first-order chi connectivity index (χ1) is 10.6. The van der Waals surface area contributed by atoms with Crippen LogP contribution in [0.5, 0.6) is 0 Å². The summed E-state index contributed by atoms with van der Waals surface area (Å²) in [6, 6.07) is 7.63. The largest absolute Gasteiger partial charge is 0.356 e. The molecule has 3 rings (SSSR count). The minimum atomic E-state index is -0.311. The van der Waals surface area contributed by atoms with Gasteiger partial charge in [0.2, 0.25) is 0 Å². The van der Waals surface area contributed by atoms with Crippen LogP contribution in [0.25, 0.3) is 11.3 Å². The lowest BCUT2D eigenvalue weighted by molar-refractivity contribution is 0.0945. The van der Waals surface area contributed by atoms with Gasteiger partial charge in [-0.25, -0.2) is 9.37 Å². The van der Waals surface area contributed by atoms with Gasteiger partial charge in [-0.05, 0) is 31.2 Å². The fourth-order valence-electron chi connectivity index (χ4n) is 1.87. The summed E-state index contributed by atoms with van der Waals surface area (Å²) < 4.78 is 18.1. The van der Waals surface area contributed by atoms with Gasteiger partial charge < -0.3 is 9.84 Å². The van der Waals surface area contributed by atoms with Gasteiger partial charge in [0.05, 0.1) is 11.6 Å². The predicted octanol–water partition coefficient (Wildman–Crippen LogP) is 3.18. The molecule has 0 aliphatic carbocycles. The zero-order valence-corrected chi connectivity index (χ0v) is 12.5. The van der Waals surface area contributed by atoms with Crippen LogP contribution in [0.15, 0.2) is 40.2 Å². The number of benzene rings is 1. The number of hydrogen-bond donors (Lipinski definition) is 1. The lowest BCUT2D eigenvalue weighted by Gasteiger charge is -1.98. The lowest BCUT2D eigenvalue weighted by atomic mass is 10.1. The first-order valence-corrected chi connectivity index (χ1v) is 7.41. The van der Waals surface area contributed by atoms with E-state index >= 15 is 0 Å². The number of hydrogen-bond acceptors (Lipinski definition) is 5. The zero-order chi connectivity index (χ0) is 15.5. The number of carbonyl (C=O) groups excluding carboxylic acids is 1. The van der Waals surface area contributed by atoms with Crippen LogP contribution in [0.4, 0.5) is 4.39 Å². The fraction of sp³-hybridized carbons (Fsp3) is 0.133. The fourth-order valence-corrected chi connectivity index (χ4v) is 2.47. The molecule has 0 bridgehead atoms. The Kier molecular flexibility index (Phi) is 3.97. The van der Waals surface area contributed by atoms with E-state index in [2.05, 4.69) is 15.5 Å². The maximum atomic E-state index is 12.9. The van der Waals surface area contributed by atoms with E-state index in [0.29, 0.717) is 17.1 Å². The summed E-state index contributed by atoms with van der Waals surface area (Å²) in [6.07, 6.45) is 0. The Bertz CT molecular complexity index is 795. The van der Waals surface area contributed by atoms with Crippen LogP contribution in [0.2, 0.25) is 0 Å². The van der Waals surface area contributed by atoms with E-state index in [9.17, 15) is 9.18 Å². The topological polar surface area (TPSA) is 68.0 Å². The number of rotatable bonds is 4. The predicted molar refractivity (Wildman–Crippen MR) is 79.9 cm³/mol. The molecule has 0 aliphatic rings. The Morgan fingerprint density at radius 1 is 1.36 bits per heavy atom. The van der Waals surface area contributed by atoms with Crippen LogP contribution < -0.4 is 5.32 Å². The van der Waals surface area contributed by atoms with E-state index in [1.54, 1.807) is 23.6 Å². The van der Waals surface area contributed by atoms with Gasteiger partial charge in [0.1, 0.15) is 17.2 Å². The minimum absolute atomic E-state index is 0.236. The molecule has 0 saturated carbocycles. The summed E-state index contributed by atoms with van der Waals surface area (Å²) in [4.78, 5) is 16.0. The molecule has 0 aliphatic heterocycles. The molecular formula is C15H12FN3O2S. The average molecular weight is 317 g/mol. The molecule has 0 atom stereocenters. The molecule has 112 valence electrons. The second-order valence-corrected chi connectivity index (χ2v) is 5.69. The van der Waals surface area contributed by atoms with E-state index in [4.69, 9.17) is 4.52 Å². The molecule has 2 heterocycles. The molecule has 7 heteroatoms. The van der Waals surface area contributed by atoms with Crippen LogP contribution in [-0.2, 0) is 6.54 Å². The standard InChI is InChI=1S/C15H12FN3O2S/c1-9-18-13(8-22-9)15(20)17-7-12-6-14(21-19-12)10-2-4-11(16)5-3-10/h2-6,8H,7H2,1H3,(H,17,20). The van der Waals surface area contributed by atoms with Gasteiger partial charge in [0.15, 0.2) is 5.76 Å². The molecule has 1 aromatic carbocycles. The first-order valence-electron chi connectivity index (χ1n) is 6.53. The number of halogens is 1. The van der Waals surface area contributed by atoms with Gasteiger partial charge in [-0.3, -0.25) is 4.79 Å². The number of thiazole rings is 1. The van der Waals surface area contributed by atoms with Crippen molar-refractivity contribution in [1.29, 1.82) is 0 Å². The number of aryl methyl sites for hydroxylation is 1. The summed E-state index contributed by atoms with van der Waals surface area (Å²) in [7, 11) is 0. The smallest absolute Gasteiger partial charge is 0.271 e. The molecule has 0 fully saturated rings. The summed E-state index contributed by atoms with van der Waals surface area (Å²) >= 11 is 1.42. The van der Waals surface area contributed by atoms with Crippen molar-refractivity contribution in [1.82, 2.24) is 15.5 Å². The summed E-state index contributed by atoms with van der Waals surface area (Å²) in [5.74, 6) is -0.0428. The van der Waals surface area contributed by atoms with Crippen molar-refractivity contribution < 1.29 is 13.7 Å². The highest BCUT2D eigenvalue weighted by atomic mass is 32.1. The first kappa shape index (κ1) is 14.4. The highest BCUT2D eigenvalue weighted by molar-refractivity contribution is 7.09. The third kappa shape index (κ3) is 3.20. The monoisotopic (exact) mass is 317 g/mol. The number of amides is 1. The van der Waals surface area contributed by atoms with E-state index in [0.717, 1.165) is 10.6 Å². The van der Waals surface area contributed by atoms with E-state index in [-0.39, 0.29) is 18.3 Å². The average Bonchev–Trinajstić information content (AvgIpc) is 3.15. The molecule has 1 N–H and O–H groups in total. The van der Waals surface area contributed by atoms with Gasteiger partial charge in [-0.1, -0.05) is 5.16 Å². The van der Waals surface area contributed by atoms with Gasteiger partial charge in [-0.2, -0.15) is 0 Å². The van der Waals surface area contributed by atoms with Crippen molar-refractivity contribution in [3.63, 3.8) is 0 Å². The van der Waals surface area contributed by atoms with Gasteiger partial charge in [0, 0.05) is 17.0 Å². The lowest BCUT2D eigenvalue weighted by Crippen LogP contribution is -2.23. The van der Waals surface area contributed by atoms with Gasteiger partial charge >= 0.3 is 0 Å². The summed E-state index contributed by atoms with van der Waals surface area (Å²) in [5, 5.41) is 9.15. The van der Waals surface area contributed by atoms with E-state index in [1.165, 1.54) is 23.5 Å². The quantitative estimate of drug-likeness (QED) is 0.802. The molecule has 1 amide bonds. The normalized spacial score (nSPS) is 10.6. The van der Waals surface area contributed by atoms with Crippen LogP contribution >= 0.6 is 11.3 Å². The molecular weight excluding hydrogens is 305 g/mol. The number of carbonyl (C=O) groups is 1. The van der Waals surface area contributed by atoms with Crippen molar-refractivity contribution in [2.24, 2.45) is 0 Å². The van der Waals surface area contributed by atoms with E-state index in [1.807, 2.05) is 6.92 Å². The van der Waals surface area contributed by atoms with Crippen molar-refractivity contribution in [2.45, 2.75) is 13.5 Å². The molecule has 0 unspecified atom stereocenters. The Balaban J connectivity index is 1.64. The molecule has 0 radical (unpaired) electrons. The van der Waals surface area contributed by atoms with Crippen LogP contribution in [-0.4, -0.2) is 16.0 Å². The minimum Gasteiger partial charge on any atom is -0.356 e. The van der Waals surface area contributed by atoms with E-state index < -0.39 is 0 Å². The van der Waals surface area contributed by atoms with Crippen molar-refractivity contribution in [3.05, 3.63) is 57.9 Å². The highest BCUT2D eigenvalue weighted by Gasteiger charge is 2.11. The Morgan fingerprint density at radius 3 is 2.82 bits per heavy atom. The maximum Gasteiger partial charge on any atom is 0.271 e. The highest BCUT2D eigenvalue weighted by Crippen LogP contribution is 2.20. The van der Waals surface area contributed by atoms with Gasteiger partial charge in [0.25, 0.3) is 5.91 Å². The van der Waals surface area contributed by atoms with Crippen LogP contribution in [0.3, 0.4) is 0 Å². The second-order valence-electron chi connectivity index (χ2n) is 4.62. The maximum absolute atomic E-state index is 12.9. The third-order valence-corrected chi connectivity index (χ3v) is 3.74. The Labute approximate surface area is 129 Å². The molecule has 0 spiro atoms. The SMILES string of the molecule is Cc1nc(C(=O)NCc2cc(-c3ccc(F)cc3)on2)cs1. The number of aromatic nitrogens is 2. The molecule has 3 aromatic rings. The van der Waals surface area contributed by atoms with Crippen molar-refractivity contribution >= 4 is 17.2 Å². The Hall–Kier alpha value is -2.54. The van der Waals surface area contributed by atoms with Crippen molar-refractivity contribution in [2.75, 3.05) is 0 Å². The second kappa shape index (κ2) is 6.07. The number of nitrogens with one attached hydrogen (secondary N) is 1. The number of nitrogens with zero attached hydrogens (tertiary/aromatic N) is 2. The molecule has 5 nitrogen and oxygen atoms in total. The van der Waals surface area contributed by atoms with Crippen LogP contribution in [0, 0.1) is 12.7 Å². The zero-order valence-electron chi connectivity index (χ0n) is 11.7. The molecule has 22 heavy (non-hydrogen) atoms. The molecule has 2 aromatic heterocycles. The van der Waals surface area contributed by atoms with Crippen LogP contribution in [0.1, 0.15) is 21.2 Å².